The summed E-state index contributed by atoms with van der Waals surface area (Å²) in [6.45, 7) is 0. The van der Waals surface area contributed by atoms with Crippen molar-refractivity contribution in [2.24, 2.45) is 0 Å². The summed E-state index contributed by atoms with van der Waals surface area (Å²) in [6, 6.07) is 3.89. The van der Waals surface area contributed by atoms with Crippen LogP contribution in [-0.2, 0) is 10.9 Å². The van der Waals surface area contributed by atoms with Crippen molar-refractivity contribution >= 4 is 40.5 Å². The fourth-order valence-electron chi connectivity index (χ4n) is 1.65. The van der Waals surface area contributed by atoms with Gasteiger partial charge in [-0.2, -0.15) is 13.2 Å². The second-order valence-electron chi connectivity index (χ2n) is 4.17. The van der Waals surface area contributed by atoms with Crippen LogP contribution in [0.15, 0.2) is 23.7 Å². The number of carbonyl (C=O) groups excluding carboxylic acids is 2. The fraction of sp³-hybridized carbons (Fsp3) is 0.154. The van der Waals surface area contributed by atoms with Gasteiger partial charge in [-0.15, -0.1) is 11.3 Å². The van der Waals surface area contributed by atoms with E-state index in [2.05, 4.69) is 15.0 Å². The molecule has 10 heteroatoms. The predicted molar refractivity (Wildman–Crippen MR) is 77.9 cm³/mol. The number of nitrogens with one attached hydrogen (secondary N) is 1. The molecule has 2 rings (SSSR count). The molecule has 1 aromatic carbocycles. The molecule has 0 aliphatic heterocycles. The lowest BCUT2D eigenvalue weighted by Gasteiger charge is -2.10. The van der Waals surface area contributed by atoms with Gasteiger partial charge in [-0.1, -0.05) is 11.6 Å². The zero-order valence-corrected chi connectivity index (χ0v) is 13.0. The van der Waals surface area contributed by atoms with Crippen LogP contribution in [0.3, 0.4) is 0 Å². The largest absolute Gasteiger partial charge is 0.465 e. The second-order valence-corrected chi connectivity index (χ2v) is 5.43. The van der Waals surface area contributed by atoms with Crippen molar-refractivity contribution in [2.45, 2.75) is 6.18 Å². The lowest BCUT2D eigenvalue weighted by molar-refractivity contribution is -0.141. The van der Waals surface area contributed by atoms with Crippen molar-refractivity contribution in [3.63, 3.8) is 0 Å². The Morgan fingerprint density at radius 3 is 2.65 bits per heavy atom. The van der Waals surface area contributed by atoms with E-state index in [9.17, 15) is 22.8 Å². The SMILES string of the molecule is COC(=O)c1ccc(Cl)c(NC(=O)c2scnc2C(F)(F)F)c1. The highest BCUT2D eigenvalue weighted by molar-refractivity contribution is 7.12. The van der Waals surface area contributed by atoms with Gasteiger partial charge in [-0.05, 0) is 18.2 Å². The predicted octanol–water partition coefficient (Wildman–Crippen LogP) is 3.85. The lowest BCUT2D eigenvalue weighted by atomic mass is 10.2. The van der Waals surface area contributed by atoms with Crippen LogP contribution in [0.5, 0.6) is 0 Å². The van der Waals surface area contributed by atoms with Gasteiger partial charge in [-0.25, -0.2) is 9.78 Å². The first-order valence-corrected chi connectivity index (χ1v) is 7.19. The standard InChI is InChI=1S/C13H8ClF3N2O3S/c1-22-12(21)6-2-3-7(14)8(4-6)19-11(20)9-10(13(15,16)17)18-5-23-9/h2-5H,1H3,(H,19,20). The maximum Gasteiger partial charge on any atom is 0.434 e. The molecular formula is C13H8ClF3N2O3S. The first kappa shape index (κ1) is 17.2. The zero-order valence-electron chi connectivity index (χ0n) is 11.4. The van der Waals surface area contributed by atoms with Crippen molar-refractivity contribution < 1.29 is 27.5 Å². The number of aromatic nitrogens is 1. The number of amides is 1. The molecule has 5 nitrogen and oxygen atoms in total. The molecule has 1 aromatic heterocycles. The number of esters is 1. The number of ether oxygens (including phenoxy) is 1. The van der Waals surface area contributed by atoms with Gasteiger partial charge in [0.25, 0.3) is 5.91 Å². The minimum absolute atomic E-state index is 0.0129. The molecule has 23 heavy (non-hydrogen) atoms. The maximum atomic E-state index is 12.8. The molecule has 0 aliphatic carbocycles. The van der Waals surface area contributed by atoms with Crippen LogP contribution in [0.2, 0.25) is 5.02 Å². The number of thiazole rings is 1. The summed E-state index contributed by atoms with van der Waals surface area (Å²) >= 11 is 6.42. The Labute approximate surface area is 137 Å². The quantitative estimate of drug-likeness (QED) is 0.840. The van der Waals surface area contributed by atoms with Crippen LogP contribution in [0, 0.1) is 0 Å². The molecule has 2 aromatic rings. The number of anilines is 1. The van der Waals surface area contributed by atoms with Gasteiger partial charge in [0.05, 0.1) is 28.9 Å². The molecule has 0 saturated carbocycles. The lowest BCUT2D eigenvalue weighted by Crippen LogP contribution is -2.17. The molecule has 0 saturated heterocycles. The van der Waals surface area contributed by atoms with Crippen molar-refractivity contribution in [2.75, 3.05) is 12.4 Å². The van der Waals surface area contributed by atoms with Gasteiger partial charge < -0.3 is 10.1 Å². The average Bonchev–Trinajstić information content (AvgIpc) is 2.98. The van der Waals surface area contributed by atoms with E-state index in [1.54, 1.807) is 0 Å². The Hall–Kier alpha value is -2.13. The van der Waals surface area contributed by atoms with Gasteiger partial charge in [0.2, 0.25) is 0 Å². The normalized spacial score (nSPS) is 11.2. The molecule has 1 amide bonds. The summed E-state index contributed by atoms with van der Waals surface area (Å²) in [7, 11) is 1.17. The average molecular weight is 365 g/mol. The van der Waals surface area contributed by atoms with Crippen molar-refractivity contribution in [1.29, 1.82) is 0 Å². The van der Waals surface area contributed by atoms with Crippen LogP contribution < -0.4 is 5.32 Å². The zero-order chi connectivity index (χ0) is 17.2. The summed E-state index contributed by atoms with van der Waals surface area (Å²) in [5, 5.41) is 2.30. The van der Waals surface area contributed by atoms with Crippen LogP contribution in [-0.4, -0.2) is 24.0 Å². The van der Waals surface area contributed by atoms with E-state index in [1.165, 1.54) is 25.3 Å². The number of hydrogen-bond donors (Lipinski definition) is 1. The van der Waals surface area contributed by atoms with E-state index in [-0.39, 0.29) is 16.3 Å². The summed E-state index contributed by atoms with van der Waals surface area (Å²) in [4.78, 5) is 26.0. The van der Waals surface area contributed by atoms with E-state index in [4.69, 9.17) is 11.6 Å². The van der Waals surface area contributed by atoms with Gasteiger partial charge in [-0.3, -0.25) is 4.79 Å². The molecule has 1 heterocycles. The summed E-state index contributed by atoms with van der Waals surface area (Å²) in [5.41, 5.74) is -0.279. The number of rotatable bonds is 3. The van der Waals surface area contributed by atoms with Crippen molar-refractivity contribution in [3.05, 3.63) is 44.9 Å². The van der Waals surface area contributed by atoms with E-state index in [0.29, 0.717) is 11.3 Å². The first-order chi connectivity index (χ1) is 10.7. The third-order valence-corrected chi connectivity index (χ3v) is 3.83. The van der Waals surface area contributed by atoms with Crippen molar-refractivity contribution in [1.82, 2.24) is 4.98 Å². The summed E-state index contributed by atoms with van der Waals surface area (Å²) in [5.74, 6) is -1.70. The van der Waals surface area contributed by atoms with E-state index < -0.39 is 28.6 Å². The number of halogens is 4. The minimum atomic E-state index is -4.75. The van der Waals surface area contributed by atoms with Gasteiger partial charge >= 0.3 is 12.1 Å². The monoisotopic (exact) mass is 364 g/mol. The third kappa shape index (κ3) is 3.80. The van der Waals surface area contributed by atoms with Crippen LogP contribution in [0.25, 0.3) is 0 Å². The molecule has 0 spiro atoms. The van der Waals surface area contributed by atoms with E-state index >= 15 is 0 Å². The maximum absolute atomic E-state index is 12.8. The molecule has 0 radical (unpaired) electrons. The number of benzene rings is 1. The van der Waals surface area contributed by atoms with Crippen LogP contribution in [0.4, 0.5) is 18.9 Å². The second kappa shape index (κ2) is 6.55. The number of methoxy groups -OCH3 is 1. The van der Waals surface area contributed by atoms with Gasteiger partial charge in [0.1, 0.15) is 4.88 Å². The van der Waals surface area contributed by atoms with Crippen molar-refractivity contribution in [3.8, 4) is 0 Å². The van der Waals surface area contributed by atoms with Crippen LogP contribution >= 0.6 is 22.9 Å². The molecule has 0 unspecified atom stereocenters. The number of carbonyl (C=O) groups is 2. The smallest absolute Gasteiger partial charge is 0.434 e. The molecule has 0 bridgehead atoms. The van der Waals surface area contributed by atoms with Crippen LogP contribution in [0.1, 0.15) is 25.7 Å². The van der Waals surface area contributed by atoms with Gasteiger partial charge in [0.15, 0.2) is 5.69 Å². The molecule has 1 N–H and O–H groups in total. The Balaban J connectivity index is 2.31. The van der Waals surface area contributed by atoms with E-state index in [0.717, 1.165) is 5.51 Å². The number of hydrogen-bond acceptors (Lipinski definition) is 5. The summed E-state index contributed by atoms with van der Waals surface area (Å²) in [6.07, 6.45) is -4.75. The fourth-order valence-corrected chi connectivity index (χ4v) is 2.52. The third-order valence-electron chi connectivity index (χ3n) is 2.68. The molecule has 122 valence electrons. The molecule has 0 fully saturated rings. The highest BCUT2D eigenvalue weighted by Gasteiger charge is 2.38. The first-order valence-electron chi connectivity index (χ1n) is 5.94. The topological polar surface area (TPSA) is 68.3 Å². The number of alkyl halides is 3. The highest BCUT2D eigenvalue weighted by Crippen LogP contribution is 2.33. The van der Waals surface area contributed by atoms with Gasteiger partial charge in [0, 0.05) is 0 Å². The molecule has 0 aliphatic rings. The minimum Gasteiger partial charge on any atom is -0.465 e. The Bertz CT molecular complexity index is 761. The number of nitrogens with zero attached hydrogens (tertiary/aromatic N) is 1. The van der Waals surface area contributed by atoms with E-state index in [1.807, 2.05) is 0 Å². The summed E-state index contributed by atoms with van der Waals surface area (Å²) < 4.78 is 42.8. The molecular weight excluding hydrogens is 357 g/mol. The highest BCUT2D eigenvalue weighted by atomic mass is 35.5. The Kier molecular flexibility index (Phi) is 4.90. The molecule has 0 atom stereocenters. The Morgan fingerprint density at radius 2 is 2.04 bits per heavy atom. The Morgan fingerprint density at radius 1 is 1.35 bits per heavy atom.